The van der Waals surface area contributed by atoms with Gasteiger partial charge in [0.2, 0.25) is 10.0 Å². The number of unbranched alkanes of at least 4 members (excludes halogenated alkanes) is 1. The van der Waals surface area contributed by atoms with Crippen LogP contribution in [-0.4, -0.2) is 25.7 Å². The quantitative estimate of drug-likeness (QED) is 0.825. The summed E-state index contributed by atoms with van der Waals surface area (Å²) in [6.07, 6.45) is 3.84. The van der Waals surface area contributed by atoms with E-state index < -0.39 is 10.0 Å². The molecule has 0 amide bonds. The highest BCUT2D eigenvalue weighted by Crippen LogP contribution is 2.19. The van der Waals surface area contributed by atoms with Crippen LogP contribution in [0.25, 0.3) is 10.9 Å². The summed E-state index contributed by atoms with van der Waals surface area (Å²) in [4.78, 5) is 3.05. The summed E-state index contributed by atoms with van der Waals surface area (Å²) in [5.41, 5.74) is 1.77. The van der Waals surface area contributed by atoms with Crippen molar-refractivity contribution < 1.29 is 12.8 Å². The first-order valence-corrected chi connectivity index (χ1v) is 8.40. The van der Waals surface area contributed by atoms with Crippen molar-refractivity contribution in [3.63, 3.8) is 0 Å². The number of sulfonamides is 1. The number of aromatic nitrogens is 1. The molecule has 0 aliphatic rings. The number of fused-ring (bicyclic) bond motifs is 1. The van der Waals surface area contributed by atoms with E-state index in [1.54, 1.807) is 12.3 Å². The molecule has 0 unspecified atom stereocenters. The zero-order valence-electron chi connectivity index (χ0n) is 11.4. The summed E-state index contributed by atoms with van der Waals surface area (Å²) < 4.78 is 39.1. The molecule has 20 heavy (non-hydrogen) atoms. The van der Waals surface area contributed by atoms with Gasteiger partial charge in [0.05, 0.1) is 5.75 Å². The Morgan fingerprint density at radius 1 is 1.35 bits per heavy atom. The van der Waals surface area contributed by atoms with Crippen LogP contribution in [0, 0.1) is 5.82 Å². The molecule has 2 rings (SSSR count). The van der Waals surface area contributed by atoms with Gasteiger partial charge < -0.3 is 4.98 Å². The van der Waals surface area contributed by atoms with Gasteiger partial charge in [-0.15, -0.1) is 0 Å². The van der Waals surface area contributed by atoms with Gasteiger partial charge >= 0.3 is 0 Å². The molecule has 0 aliphatic heterocycles. The van der Waals surface area contributed by atoms with E-state index in [4.69, 9.17) is 0 Å². The summed E-state index contributed by atoms with van der Waals surface area (Å²) >= 11 is 0. The molecule has 110 valence electrons. The average Bonchev–Trinajstić information content (AvgIpc) is 2.79. The van der Waals surface area contributed by atoms with Gasteiger partial charge in [0.25, 0.3) is 0 Å². The standard InChI is InChI=1S/C14H19FN2O2S/c1-2-3-8-20(18,19)17-7-6-11-10-16-14-5-4-12(15)9-13(11)14/h4-5,9-10,16-17H,2-3,6-8H2,1H3. The second-order valence-corrected chi connectivity index (χ2v) is 6.75. The van der Waals surface area contributed by atoms with E-state index in [0.29, 0.717) is 19.4 Å². The monoisotopic (exact) mass is 298 g/mol. The SMILES string of the molecule is CCCCS(=O)(=O)NCCc1c[nH]c2ccc(F)cc12. The van der Waals surface area contributed by atoms with Crippen molar-refractivity contribution in [3.05, 3.63) is 35.8 Å². The van der Waals surface area contributed by atoms with Crippen molar-refractivity contribution in [2.45, 2.75) is 26.2 Å². The molecular weight excluding hydrogens is 279 g/mol. The van der Waals surface area contributed by atoms with Gasteiger partial charge in [-0.25, -0.2) is 17.5 Å². The topological polar surface area (TPSA) is 62.0 Å². The molecule has 4 nitrogen and oxygen atoms in total. The highest BCUT2D eigenvalue weighted by Gasteiger charge is 2.10. The summed E-state index contributed by atoms with van der Waals surface area (Å²) in [7, 11) is -3.19. The van der Waals surface area contributed by atoms with Gasteiger partial charge in [-0.2, -0.15) is 0 Å². The smallest absolute Gasteiger partial charge is 0.211 e. The van der Waals surface area contributed by atoms with Gasteiger partial charge in [-0.05, 0) is 36.6 Å². The van der Waals surface area contributed by atoms with Crippen LogP contribution in [0.3, 0.4) is 0 Å². The highest BCUT2D eigenvalue weighted by molar-refractivity contribution is 7.89. The zero-order chi connectivity index (χ0) is 14.6. The van der Waals surface area contributed by atoms with Crippen LogP contribution in [0.15, 0.2) is 24.4 Å². The summed E-state index contributed by atoms with van der Waals surface area (Å²) in [5, 5.41) is 0.803. The fraction of sp³-hybridized carbons (Fsp3) is 0.429. The fourth-order valence-electron chi connectivity index (χ4n) is 2.11. The van der Waals surface area contributed by atoms with E-state index in [2.05, 4.69) is 9.71 Å². The molecule has 0 atom stereocenters. The van der Waals surface area contributed by atoms with Crippen LogP contribution in [0.2, 0.25) is 0 Å². The Kier molecular flexibility index (Phi) is 4.77. The second kappa shape index (κ2) is 6.37. The van der Waals surface area contributed by atoms with Crippen LogP contribution in [0.1, 0.15) is 25.3 Å². The molecule has 0 aliphatic carbocycles. The number of hydrogen-bond donors (Lipinski definition) is 2. The van der Waals surface area contributed by atoms with Gasteiger partial charge in [-0.3, -0.25) is 0 Å². The summed E-state index contributed by atoms with van der Waals surface area (Å²) in [6, 6.07) is 4.54. The first kappa shape index (κ1) is 15.0. The number of hydrogen-bond acceptors (Lipinski definition) is 2. The third-order valence-electron chi connectivity index (χ3n) is 3.21. The highest BCUT2D eigenvalue weighted by atomic mass is 32.2. The lowest BCUT2D eigenvalue weighted by molar-refractivity contribution is 0.578. The molecule has 1 heterocycles. The average molecular weight is 298 g/mol. The van der Waals surface area contributed by atoms with Crippen molar-refractivity contribution in [3.8, 4) is 0 Å². The summed E-state index contributed by atoms with van der Waals surface area (Å²) in [5.74, 6) is -0.131. The molecule has 0 spiro atoms. The maximum atomic E-state index is 13.2. The van der Waals surface area contributed by atoms with E-state index in [-0.39, 0.29) is 11.6 Å². The number of nitrogens with one attached hydrogen (secondary N) is 2. The lowest BCUT2D eigenvalue weighted by atomic mass is 10.1. The maximum Gasteiger partial charge on any atom is 0.211 e. The Labute approximate surface area is 118 Å². The third-order valence-corrected chi connectivity index (χ3v) is 4.68. The molecule has 0 radical (unpaired) electrons. The number of rotatable bonds is 7. The van der Waals surface area contributed by atoms with E-state index in [0.717, 1.165) is 22.9 Å². The molecule has 2 aromatic rings. The van der Waals surface area contributed by atoms with E-state index in [9.17, 15) is 12.8 Å². The number of aromatic amines is 1. The Morgan fingerprint density at radius 2 is 2.15 bits per heavy atom. The Morgan fingerprint density at radius 3 is 2.90 bits per heavy atom. The first-order chi connectivity index (χ1) is 9.52. The zero-order valence-corrected chi connectivity index (χ0v) is 12.3. The van der Waals surface area contributed by atoms with Crippen LogP contribution < -0.4 is 4.72 Å². The van der Waals surface area contributed by atoms with Gasteiger partial charge in [-0.1, -0.05) is 13.3 Å². The first-order valence-electron chi connectivity index (χ1n) is 6.74. The lowest BCUT2D eigenvalue weighted by Gasteiger charge is -2.05. The van der Waals surface area contributed by atoms with E-state index in [1.807, 2.05) is 6.92 Å². The van der Waals surface area contributed by atoms with Gasteiger partial charge in [0.15, 0.2) is 0 Å². The second-order valence-electron chi connectivity index (χ2n) is 4.82. The minimum Gasteiger partial charge on any atom is -0.361 e. The Hall–Kier alpha value is -1.40. The normalized spacial score (nSPS) is 12.1. The molecule has 2 N–H and O–H groups in total. The lowest BCUT2D eigenvalue weighted by Crippen LogP contribution is -2.28. The van der Waals surface area contributed by atoms with E-state index in [1.165, 1.54) is 12.1 Å². The van der Waals surface area contributed by atoms with Gasteiger partial charge in [0, 0.05) is 23.6 Å². The van der Waals surface area contributed by atoms with E-state index >= 15 is 0 Å². The van der Waals surface area contributed by atoms with Crippen LogP contribution >= 0.6 is 0 Å². The Bertz CT molecular complexity index is 680. The van der Waals surface area contributed by atoms with Crippen LogP contribution in [0.5, 0.6) is 0 Å². The molecular formula is C14H19FN2O2S. The molecule has 0 fully saturated rings. The fourth-order valence-corrected chi connectivity index (χ4v) is 3.33. The van der Waals surface area contributed by atoms with Crippen molar-refractivity contribution in [1.82, 2.24) is 9.71 Å². The number of halogens is 1. The molecule has 0 saturated carbocycles. The van der Waals surface area contributed by atoms with Crippen molar-refractivity contribution in [1.29, 1.82) is 0 Å². The predicted molar refractivity (Wildman–Crippen MR) is 78.7 cm³/mol. The van der Waals surface area contributed by atoms with Crippen molar-refractivity contribution in [2.75, 3.05) is 12.3 Å². The number of benzene rings is 1. The van der Waals surface area contributed by atoms with Crippen molar-refractivity contribution >= 4 is 20.9 Å². The Balaban J connectivity index is 1.98. The largest absolute Gasteiger partial charge is 0.361 e. The minimum atomic E-state index is -3.19. The predicted octanol–water partition coefficient (Wildman–Crippen LogP) is 2.57. The third kappa shape index (κ3) is 3.80. The summed E-state index contributed by atoms with van der Waals surface area (Å²) in [6.45, 7) is 2.28. The molecule has 0 saturated heterocycles. The molecule has 0 bridgehead atoms. The van der Waals surface area contributed by atoms with Crippen LogP contribution in [0.4, 0.5) is 4.39 Å². The maximum absolute atomic E-state index is 13.2. The van der Waals surface area contributed by atoms with Gasteiger partial charge in [0.1, 0.15) is 5.82 Å². The van der Waals surface area contributed by atoms with Crippen molar-refractivity contribution in [2.24, 2.45) is 0 Å². The molecule has 6 heteroatoms. The van der Waals surface area contributed by atoms with Crippen LogP contribution in [-0.2, 0) is 16.4 Å². The number of H-pyrrole nitrogens is 1. The minimum absolute atomic E-state index is 0.159. The molecule has 1 aromatic carbocycles. The molecule has 1 aromatic heterocycles.